The van der Waals surface area contributed by atoms with E-state index in [1.54, 1.807) is 50.6 Å². The summed E-state index contributed by atoms with van der Waals surface area (Å²) in [6, 6.07) is 9.87. The highest BCUT2D eigenvalue weighted by Crippen LogP contribution is 2.31. The fraction of sp³-hybridized carbons (Fsp3) is 0.125. The third kappa shape index (κ3) is 3.89. The molecule has 1 aromatic heterocycles. The molecule has 0 aliphatic heterocycles. The monoisotopic (exact) mass is 361 g/mol. The van der Waals surface area contributed by atoms with Gasteiger partial charge in [-0.2, -0.15) is 0 Å². The Kier molecular flexibility index (Phi) is 4.85. The van der Waals surface area contributed by atoms with Crippen LogP contribution in [0.15, 0.2) is 42.6 Å². The smallest absolute Gasteiger partial charge is 0.238 e. The summed E-state index contributed by atoms with van der Waals surface area (Å²) in [6.07, 6.45) is 1.49. The van der Waals surface area contributed by atoms with E-state index in [9.17, 15) is 8.42 Å². The molecule has 8 nitrogen and oxygen atoms in total. The van der Waals surface area contributed by atoms with Crippen LogP contribution >= 0.6 is 0 Å². The van der Waals surface area contributed by atoms with Crippen LogP contribution in [0, 0.1) is 0 Å². The van der Waals surface area contributed by atoms with Crippen LogP contribution < -0.4 is 18.9 Å². The van der Waals surface area contributed by atoms with E-state index >= 15 is 0 Å². The van der Waals surface area contributed by atoms with Crippen LogP contribution in [0.5, 0.6) is 23.1 Å². The molecule has 0 aliphatic carbocycles. The summed E-state index contributed by atoms with van der Waals surface area (Å²) in [5.74, 6) is 1.91. The van der Waals surface area contributed by atoms with Gasteiger partial charge in [-0.3, -0.25) is 4.72 Å². The molecule has 25 heavy (non-hydrogen) atoms. The van der Waals surface area contributed by atoms with Crippen molar-refractivity contribution >= 4 is 27.6 Å². The number of fused-ring (bicyclic) bond motifs is 1. The molecule has 0 saturated heterocycles. The van der Waals surface area contributed by atoms with Gasteiger partial charge in [0.15, 0.2) is 11.5 Å². The highest BCUT2D eigenvalue weighted by molar-refractivity contribution is 7.73. The van der Waals surface area contributed by atoms with Gasteiger partial charge in [0.1, 0.15) is 5.75 Å². The Bertz CT molecular complexity index is 965. The molecule has 130 valence electrons. The number of hydrogen-bond donors (Lipinski definition) is 2. The highest BCUT2D eigenvalue weighted by Gasteiger charge is 2.09. The van der Waals surface area contributed by atoms with E-state index in [4.69, 9.17) is 14.2 Å². The maximum atomic E-state index is 10.6. The zero-order valence-corrected chi connectivity index (χ0v) is 14.3. The van der Waals surface area contributed by atoms with E-state index in [1.807, 2.05) is 0 Å². The summed E-state index contributed by atoms with van der Waals surface area (Å²) in [5, 5.41) is 0. The number of methoxy groups -OCH3 is 2. The standard InChI is InChI=1S/C16H15N3O5S/c1-22-14-7-12-13(8-15(14)23-2)18-16(9-17-12)24-11-5-3-10(4-6-11)19-25(20)21/h3-9,25H,1-2H3,(H,19,20,21). The van der Waals surface area contributed by atoms with Crippen molar-refractivity contribution in [2.45, 2.75) is 0 Å². The maximum Gasteiger partial charge on any atom is 0.238 e. The first-order chi connectivity index (χ1) is 12.1. The molecule has 0 bridgehead atoms. The topological polar surface area (TPSA) is 99.6 Å². The first-order valence-corrected chi connectivity index (χ1v) is 8.34. The summed E-state index contributed by atoms with van der Waals surface area (Å²) < 4.78 is 39.7. The van der Waals surface area contributed by atoms with Gasteiger partial charge >= 0.3 is 0 Å². The molecule has 0 fully saturated rings. The number of benzene rings is 2. The van der Waals surface area contributed by atoms with Crippen LogP contribution in [0.4, 0.5) is 5.69 Å². The molecule has 9 heteroatoms. The summed E-state index contributed by atoms with van der Waals surface area (Å²) in [7, 11) is 0.397. The molecule has 0 unspecified atom stereocenters. The van der Waals surface area contributed by atoms with Gasteiger partial charge in [-0.05, 0) is 24.3 Å². The fourth-order valence-electron chi connectivity index (χ4n) is 2.20. The van der Waals surface area contributed by atoms with Crippen molar-refractivity contribution in [3.63, 3.8) is 0 Å². The van der Waals surface area contributed by atoms with E-state index in [2.05, 4.69) is 14.7 Å². The van der Waals surface area contributed by atoms with Crippen molar-refractivity contribution in [3.05, 3.63) is 42.6 Å². The average Bonchev–Trinajstić information content (AvgIpc) is 2.61. The zero-order valence-electron chi connectivity index (χ0n) is 13.4. The van der Waals surface area contributed by atoms with Crippen molar-refractivity contribution < 1.29 is 22.6 Å². The molecule has 0 spiro atoms. The van der Waals surface area contributed by atoms with Gasteiger partial charge in [-0.1, -0.05) is 0 Å². The van der Waals surface area contributed by atoms with Crippen LogP contribution in [0.25, 0.3) is 11.0 Å². The van der Waals surface area contributed by atoms with Crippen LogP contribution in [0.2, 0.25) is 0 Å². The van der Waals surface area contributed by atoms with Crippen molar-refractivity contribution in [1.29, 1.82) is 0 Å². The summed E-state index contributed by atoms with van der Waals surface area (Å²) in [4.78, 5) is 8.70. The Morgan fingerprint density at radius 1 is 0.960 bits per heavy atom. The molecule has 0 aliphatic rings. The first kappa shape index (κ1) is 16.8. The number of rotatable bonds is 6. The highest BCUT2D eigenvalue weighted by atomic mass is 32.2. The normalized spacial score (nSPS) is 10.7. The minimum absolute atomic E-state index is 0.301. The lowest BCUT2D eigenvalue weighted by Gasteiger charge is -2.09. The molecule has 1 heterocycles. The van der Waals surface area contributed by atoms with Crippen LogP contribution in [-0.2, 0) is 10.9 Å². The van der Waals surface area contributed by atoms with Gasteiger partial charge in [-0.25, -0.2) is 18.4 Å². The van der Waals surface area contributed by atoms with Crippen molar-refractivity contribution in [2.75, 3.05) is 18.9 Å². The second-order valence-corrected chi connectivity index (χ2v) is 5.64. The third-order valence-electron chi connectivity index (χ3n) is 3.32. The predicted molar refractivity (Wildman–Crippen MR) is 93.1 cm³/mol. The summed E-state index contributed by atoms with van der Waals surface area (Å²) in [5.41, 5.74) is 1.69. The van der Waals surface area contributed by atoms with Gasteiger partial charge in [-0.15, -0.1) is 0 Å². The average molecular weight is 361 g/mol. The second-order valence-electron chi connectivity index (χ2n) is 4.90. The summed E-state index contributed by atoms with van der Waals surface area (Å²) >= 11 is 0. The Morgan fingerprint density at radius 2 is 1.60 bits per heavy atom. The zero-order chi connectivity index (χ0) is 17.8. The lowest BCUT2D eigenvalue weighted by atomic mass is 10.2. The SMILES string of the molecule is COc1cc2ncc(Oc3ccc(N[SH](=O)=O)cc3)nc2cc1OC. The molecular weight excluding hydrogens is 346 g/mol. The Morgan fingerprint density at radius 3 is 2.20 bits per heavy atom. The second kappa shape index (κ2) is 7.22. The molecule has 0 atom stereocenters. The fourth-order valence-corrected chi connectivity index (χ4v) is 2.56. The van der Waals surface area contributed by atoms with Gasteiger partial charge in [0.25, 0.3) is 0 Å². The number of thiol groups is 1. The number of nitrogens with zero attached hydrogens (tertiary/aromatic N) is 2. The molecular formula is C16H15N3O5S. The Balaban J connectivity index is 1.86. The van der Waals surface area contributed by atoms with Crippen molar-refractivity contribution in [2.24, 2.45) is 0 Å². The van der Waals surface area contributed by atoms with E-state index in [0.29, 0.717) is 39.8 Å². The Hall–Kier alpha value is -3.07. The molecule has 0 radical (unpaired) electrons. The Labute approximate surface area is 145 Å². The molecule has 0 saturated carbocycles. The molecule has 0 amide bonds. The quantitative estimate of drug-likeness (QED) is 0.650. The lowest BCUT2D eigenvalue weighted by Crippen LogP contribution is -1.96. The van der Waals surface area contributed by atoms with Crippen LogP contribution in [-0.4, -0.2) is 32.6 Å². The van der Waals surface area contributed by atoms with Gasteiger partial charge in [0.2, 0.25) is 16.8 Å². The van der Waals surface area contributed by atoms with E-state index in [0.717, 1.165) is 0 Å². The van der Waals surface area contributed by atoms with Crippen molar-refractivity contribution in [3.8, 4) is 23.1 Å². The van der Waals surface area contributed by atoms with Crippen molar-refractivity contribution in [1.82, 2.24) is 9.97 Å². The molecule has 1 N–H and O–H groups in total. The minimum Gasteiger partial charge on any atom is -0.493 e. The molecule has 3 rings (SSSR count). The third-order valence-corrected chi connectivity index (χ3v) is 3.76. The summed E-state index contributed by atoms with van der Waals surface area (Å²) in [6.45, 7) is 0. The number of anilines is 1. The van der Waals surface area contributed by atoms with Gasteiger partial charge in [0.05, 0.1) is 31.4 Å². The number of nitrogens with one attached hydrogen (secondary N) is 1. The molecule has 3 aromatic rings. The van der Waals surface area contributed by atoms with E-state index in [-0.39, 0.29) is 0 Å². The maximum absolute atomic E-state index is 10.6. The number of hydrogen-bond acceptors (Lipinski definition) is 7. The van der Waals surface area contributed by atoms with Crippen LogP contribution in [0.1, 0.15) is 0 Å². The van der Waals surface area contributed by atoms with Gasteiger partial charge in [0, 0.05) is 17.8 Å². The minimum atomic E-state index is -2.70. The number of ether oxygens (including phenoxy) is 3. The number of aromatic nitrogens is 2. The largest absolute Gasteiger partial charge is 0.493 e. The predicted octanol–water partition coefficient (Wildman–Crippen LogP) is 2.38. The molecule has 2 aromatic carbocycles. The van der Waals surface area contributed by atoms with Crippen LogP contribution in [0.3, 0.4) is 0 Å². The van der Waals surface area contributed by atoms with E-state index in [1.165, 1.54) is 6.20 Å². The van der Waals surface area contributed by atoms with E-state index < -0.39 is 10.9 Å². The van der Waals surface area contributed by atoms with Gasteiger partial charge < -0.3 is 14.2 Å². The lowest BCUT2D eigenvalue weighted by molar-refractivity contribution is 0.355. The first-order valence-electron chi connectivity index (χ1n) is 7.17.